The molecule has 3 rings (SSSR count). The summed E-state index contributed by atoms with van der Waals surface area (Å²) in [6, 6.07) is 15.4. The lowest BCUT2D eigenvalue weighted by Crippen LogP contribution is -2.38. The van der Waals surface area contributed by atoms with Crippen molar-refractivity contribution >= 4 is 5.69 Å². The third kappa shape index (κ3) is 1.76. The molecule has 0 aromatic heterocycles. The van der Waals surface area contributed by atoms with Crippen LogP contribution in [0.15, 0.2) is 42.5 Å². The van der Waals surface area contributed by atoms with E-state index in [-0.39, 0.29) is 5.54 Å². The van der Waals surface area contributed by atoms with Crippen molar-refractivity contribution in [1.29, 1.82) is 0 Å². The second-order valence-electron chi connectivity index (χ2n) is 5.96. The van der Waals surface area contributed by atoms with E-state index in [0.717, 1.165) is 6.42 Å². The Morgan fingerprint density at radius 1 is 1.05 bits per heavy atom. The quantitative estimate of drug-likeness (QED) is 0.734. The van der Waals surface area contributed by atoms with E-state index >= 15 is 0 Å². The predicted octanol–water partition coefficient (Wildman–Crippen LogP) is 4.21. The van der Waals surface area contributed by atoms with Gasteiger partial charge in [-0.25, -0.2) is 0 Å². The highest BCUT2D eigenvalue weighted by atomic mass is 15.2. The van der Waals surface area contributed by atoms with Gasteiger partial charge < -0.3 is 4.90 Å². The molecule has 0 amide bonds. The Morgan fingerprint density at radius 2 is 1.74 bits per heavy atom. The number of nitrogens with zero attached hydrogens (tertiary/aromatic N) is 1. The maximum Gasteiger partial charge on any atom is 0.0663 e. The molecule has 1 aliphatic heterocycles. The zero-order valence-electron chi connectivity index (χ0n) is 12.2. The molecule has 2 aromatic carbocycles. The smallest absolute Gasteiger partial charge is 0.0663 e. The molecule has 0 spiro atoms. The van der Waals surface area contributed by atoms with Crippen molar-refractivity contribution < 1.29 is 0 Å². The Balaban J connectivity index is 2.13. The fraction of sp³-hybridized carbons (Fsp3) is 0.333. The first-order valence-electron chi connectivity index (χ1n) is 6.92. The molecule has 0 fully saturated rings. The third-order valence-corrected chi connectivity index (χ3v) is 4.61. The van der Waals surface area contributed by atoms with Crippen LogP contribution in [-0.2, 0) is 12.0 Å². The lowest BCUT2D eigenvalue weighted by atomic mass is 9.87. The average Bonchev–Trinajstić information content (AvgIpc) is 2.66. The predicted molar refractivity (Wildman–Crippen MR) is 81.8 cm³/mol. The standard InChI is InChI=1S/C18H21N/c1-13-10-14(2)16-12-18(3,19(4)17(16)11-13)15-8-6-5-7-9-15/h5-11H,12H2,1-4H3. The Bertz CT molecular complexity index is 615. The molecule has 1 unspecified atom stereocenters. The normalized spacial score (nSPS) is 21.6. The van der Waals surface area contributed by atoms with Crippen LogP contribution in [-0.4, -0.2) is 7.05 Å². The summed E-state index contributed by atoms with van der Waals surface area (Å²) in [6.45, 7) is 6.76. The van der Waals surface area contributed by atoms with Crippen LogP contribution in [0, 0.1) is 13.8 Å². The van der Waals surface area contributed by atoms with E-state index in [1.165, 1.54) is 27.9 Å². The summed E-state index contributed by atoms with van der Waals surface area (Å²) in [5.74, 6) is 0. The van der Waals surface area contributed by atoms with E-state index < -0.39 is 0 Å². The lowest BCUT2D eigenvalue weighted by Gasteiger charge is -2.35. The van der Waals surface area contributed by atoms with Gasteiger partial charge in [-0.15, -0.1) is 0 Å². The van der Waals surface area contributed by atoms with Crippen LogP contribution in [0.2, 0.25) is 0 Å². The molecule has 1 aliphatic rings. The third-order valence-electron chi connectivity index (χ3n) is 4.61. The maximum atomic E-state index is 2.44. The minimum absolute atomic E-state index is 0.0716. The monoisotopic (exact) mass is 251 g/mol. The second-order valence-corrected chi connectivity index (χ2v) is 5.96. The van der Waals surface area contributed by atoms with Crippen molar-refractivity contribution in [3.63, 3.8) is 0 Å². The highest BCUT2D eigenvalue weighted by Gasteiger charge is 2.39. The minimum atomic E-state index is 0.0716. The number of anilines is 1. The van der Waals surface area contributed by atoms with Gasteiger partial charge in [-0.1, -0.05) is 36.4 Å². The van der Waals surface area contributed by atoms with E-state index in [0.29, 0.717) is 0 Å². The Kier molecular flexibility index (Phi) is 2.67. The molecule has 2 aromatic rings. The number of fused-ring (bicyclic) bond motifs is 1. The lowest BCUT2D eigenvalue weighted by molar-refractivity contribution is 0.491. The molecule has 0 saturated carbocycles. The molecule has 1 heterocycles. The Morgan fingerprint density at radius 3 is 2.42 bits per heavy atom. The van der Waals surface area contributed by atoms with E-state index in [2.05, 4.69) is 75.2 Å². The highest BCUT2D eigenvalue weighted by Crippen LogP contribution is 2.45. The first-order chi connectivity index (χ1) is 9.02. The molecule has 0 bridgehead atoms. The SMILES string of the molecule is Cc1cc(C)c2c(c1)N(C)C(C)(c1ccccc1)C2. The van der Waals surface area contributed by atoms with Gasteiger partial charge >= 0.3 is 0 Å². The van der Waals surface area contributed by atoms with Crippen LogP contribution < -0.4 is 4.90 Å². The van der Waals surface area contributed by atoms with Crippen molar-refractivity contribution in [2.24, 2.45) is 0 Å². The Labute approximate surface area is 115 Å². The fourth-order valence-corrected chi connectivity index (χ4v) is 3.33. The first kappa shape index (κ1) is 12.3. The topological polar surface area (TPSA) is 3.24 Å². The molecule has 1 atom stereocenters. The number of rotatable bonds is 1. The van der Waals surface area contributed by atoms with Gasteiger partial charge in [0.25, 0.3) is 0 Å². The van der Waals surface area contributed by atoms with E-state index in [1.807, 2.05) is 0 Å². The molecule has 0 aliphatic carbocycles. The summed E-state index contributed by atoms with van der Waals surface area (Å²) in [6.07, 6.45) is 1.09. The summed E-state index contributed by atoms with van der Waals surface area (Å²) in [4.78, 5) is 2.44. The summed E-state index contributed by atoms with van der Waals surface area (Å²) >= 11 is 0. The minimum Gasteiger partial charge on any atom is -0.365 e. The van der Waals surface area contributed by atoms with Gasteiger partial charge in [0.1, 0.15) is 0 Å². The van der Waals surface area contributed by atoms with Gasteiger partial charge in [0, 0.05) is 19.2 Å². The number of aryl methyl sites for hydroxylation is 2. The number of hydrogen-bond acceptors (Lipinski definition) is 1. The summed E-state index contributed by atoms with van der Waals surface area (Å²) in [5, 5.41) is 0. The van der Waals surface area contributed by atoms with Crippen LogP contribution >= 0.6 is 0 Å². The van der Waals surface area contributed by atoms with Gasteiger partial charge in [0.15, 0.2) is 0 Å². The van der Waals surface area contributed by atoms with Gasteiger partial charge in [-0.05, 0) is 49.1 Å². The van der Waals surface area contributed by atoms with Crippen LogP contribution in [0.25, 0.3) is 0 Å². The summed E-state index contributed by atoms with van der Waals surface area (Å²) in [5.41, 5.74) is 7.12. The van der Waals surface area contributed by atoms with Crippen molar-refractivity contribution in [1.82, 2.24) is 0 Å². The first-order valence-corrected chi connectivity index (χ1v) is 6.92. The van der Waals surface area contributed by atoms with E-state index in [9.17, 15) is 0 Å². The van der Waals surface area contributed by atoms with Crippen molar-refractivity contribution in [2.75, 3.05) is 11.9 Å². The maximum absolute atomic E-state index is 2.44. The highest BCUT2D eigenvalue weighted by molar-refractivity contribution is 5.66. The van der Waals surface area contributed by atoms with E-state index in [4.69, 9.17) is 0 Å². The Hall–Kier alpha value is -1.76. The molecule has 1 nitrogen and oxygen atoms in total. The molecular formula is C18H21N. The van der Waals surface area contributed by atoms with Crippen molar-refractivity contribution in [2.45, 2.75) is 32.7 Å². The summed E-state index contributed by atoms with van der Waals surface area (Å²) in [7, 11) is 2.22. The van der Waals surface area contributed by atoms with E-state index in [1.54, 1.807) is 0 Å². The molecule has 0 saturated heterocycles. The largest absolute Gasteiger partial charge is 0.365 e. The fourth-order valence-electron chi connectivity index (χ4n) is 3.33. The van der Waals surface area contributed by atoms with Crippen LogP contribution in [0.3, 0.4) is 0 Å². The van der Waals surface area contributed by atoms with Gasteiger partial charge in [-0.2, -0.15) is 0 Å². The second kappa shape index (κ2) is 4.12. The molecule has 0 N–H and O–H groups in total. The van der Waals surface area contributed by atoms with Gasteiger partial charge in [-0.3, -0.25) is 0 Å². The van der Waals surface area contributed by atoms with Crippen molar-refractivity contribution in [3.8, 4) is 0 Å². The number of hydrogen-bond donors (Lipinski definition) is 0. The number of likely N-dealkylation sites (N-methyl/N-ethyl adjacent to an activating group) is 1. The molecule has 19 heavy (non-hydrogen) atoms. The van der Waals surface area contributed by atoms with Crippen LogP contribution in [0.1, 0.15) is 29.2 Å². The number of benzene rings is 2. The molecule has 98 valence electrons. The molecular weight excluding hydrogens is 230 g/mol. The van der Waals surface area contributed by atoms with Crippen molar-refractivity contribution in [3.05, 3.63) is 64.7 Å². The van der Waals surface area contributed by atoms with Gasteiger partial charge in [0.05, 0.1) is 5.54 Å². The van der Waals surface area contributed by atoms with Crippen LogP contribution in [0.5, 0.6) is 0 Å². The average molecular weight is 251 g/mol. The zero-order valence-corrected chi connectivity index (χ0v) is 12.2. The molecule has 0 radical (unpaired) electrons. The van der Waals surface area contributed by atoms with Crippen LogP contribution in [0.4, 0.5) is 5.69 Å². The molecule has 1 heteroatoms. The summed E-state index contributed by atoms with van der Waals surface area (Å²) < 4.78 is 0. The zero-order chi connectivity index (χ0) is 13.6. The van der Waals surface area contributed by atoms with Gasteiger partial charge in [0.2, 0.25) is 0 Å².